The van der Waals surface area contributed by atoms with Gasteiger partial charge in [0, 0.05) is 0 Å². The summed E-state index contributed by atoms with van der Waals surface area (Å²) >= 11 is 0. The van der Waals surface area contributed by atoms with Gasteiger partial charge in [-0.05, 0) is 27.7 Å². The molecule has 0 rings (SSSR count). The Balaban J connectivity index is -0.000000219. The average Bonchev–Trinajstić information content (AvgIpc) is 2.17. The summed E-state index contributed by atoms with van der Waals surface area (Å²) in [6, 6.07) is 0. The van der Waals surface area contributed by atoms with Gasteiger partial charge in [0.15, 0.2) is 0 Å². The summed E-state index contributed by atoms with van der Waals surface area (Å²) in [6.07, 6.45) is 0. The zero-order valence-electron chi connectivity index (χ0n) is 11.5. The monoisotopic (exact) mass is 304 g/mol. The van der Waals surface area contributed by atoms with Gasteiger partial charge in [-0.1, -0.05) is 0 Å². The third-order valence-electron chi connectivity index (χ3n) is 2.68. The van der Waals surface area contributed by atoms with Gasteiger partial charge in [-0.3, -0.25) is 0 Å². The van der Waals surface area contributed by atoms with E-state index in [0.717, 1.165) is 0 Å². The molecule has 120 valence electrons. The molecule has 19 heavy (non-hydrogen) atoms. The van der Waals surface area contributed by atoms with Crippen molar-refractivity contribution in [3.05, 3.63) is 0 Å². The van der Waals surface area contributed by atoms with E-state index in [9.17, 15) is 34.5 Å². The van der Waals surface area contributed by atoms with Crippen LogP contribution in [0.4, 0.5) is 34.5 Å². The Bertz CT molecular complexity index is 160. The minimum absolute atomic E-state index is 1.28. The van der Waals surface area contributed by atoms with Crippen LogP contribution in [-0.2, 0) is 0 Å². The van der Waals surface area contributed by atoms with E-state index in [1.165, 1.54) is 30.7 Å². The third-order valence-corrected chi connectivity index (χ3v) is 2.68. The summed E-state index contributed by atoms with van der Waals surface area (Å²) in [4.78, 5) is 0. The molecule has 0 heterocycles. The standard InChI is InChI=1S/C8H20N.2BF4/c1-5-9(6-2,7-3)8-4;2*2-1(3,4)5/h5-8H2,1-4H3;;/q+1;2*-1. The van der Waals surface area contributed by atoms with Crippen LogP contribution in [0.3, 0.4) is 0 Å². The lowest BCUT2D eigenvalue weighted by Crippen LogP contribution is -2.47. The van der Waals surface area contributed by atoms with E-state index < -0.39 is 14.5 Å². The smallest absolute Gasteiger partial charge is 0.418 e. The Morgan fingerprint density at radius 1 is 0.526 bits per heavy atom. The van der Waals surface area contributed by atoms with Gasteiger partial charge in [0.1, 0.15) is 0 Å². The normalized spacial score (nSPS) is 12.0. The minimum atomic E-state index is -6.00. The van der Waals surface area contributed by atoms with Gasteiger partial charge < -0.3 is 39.0 Å². The maximum absolute atomic E-state index is 9.75. The zero-order chi connectivity index (χ0) is 16.3. The molecule has 0 aromatic heterocycles. The van der Waals surface area contributed by atoms with E-state index in [2.05, 4.69) is 27.7 Å². The molecule has 0 aromatic carbocycles. The molecule has 0 aliphatic carbocycles. The van der Waals surface area contributed by atoms with Crippen molar-refractivity contribution in [3.8, 4) is 0 Å². The molecule has 0 N–H and O–H groups in total. The van der Waals surface area contributed by atoms with Crippen molar-refractivity contribution in [1.29, 1.82) is 0 Å². The second-order valence-electron chi connectivity index (χ2n) is 3.60. The molecule has 0 aliphatic rings. The highest BCUT2D eigenvalue weighted by Crippen LogP contribution is 2.07. The number of hydrogen-bond donors (Lipinski definition) is 0. The van der Waals surface area contributed by atoms with Gasteiger partial charge in [-0.25, -0.2) is 0 Å². The quantitative estimate of drug-likeness (QED) is 0.408. The van der Waals surface area contributed by atoms with Crippen LogP contribution < -0.4 is 0 Å². The van der Waals surface area contributed by atoms with Crippen LogP contribution in [-0.4, -0.2) is 45.2 Å². The molecular weight excluding hydrogens is 284 g/mol. The molecular formula is C8H20B2F8N-. The number of nitrogens with zero attached hydrogens (tertiary/aromatic N) is 1. The summed E-state index contributed by atoms with van der Waals surface area (Å²) in [5, 5.41) is 0. The largest absolute Gasteiger partial charge is 0.673 e. The van der Waals surface area contributed by atoms with Gasteiger partial charge in [-0.15, -0.1) is 0 Å². The lowest BCUT2D eigenvalue weighted by Gasteiger charge is -2.34. The zero-order valence-corrected chi connectivity index (χ0v) is 11.5. The fourth-order valence-electron chi connectivity index (χ4n) is 1.34. The van der Waals surface area contributed by atoms with Crippen molar-refractivity contribution in [2.75, 3.05) is 26.2 Å². The summed E-state index contributed by atoms with van der Waals surface area (Å²) in [7, 11) is -12.0. The predicted molar refractivity (Wildman–Crippen MR) is 62.8 cm³/mol. The molecule has 0 atom stereocenters. The topological polar surface area (TPSA) is 0 Å². The molecule has 0 aliphatic heterocycles. The first-order valence-corrected chi connectivity index (χ1v) is 5.84. The summed E-state index contributed by atoms with van der Waals surface area (Å²) in [5.74, 6) is 0. The highest BCUT2D eigenvalue weighted by atomic mass is 19.5. The fourth-order valence-corrected chi connectivity index (χ4v) is 1.34. The number of quaternary nitrogens is 1. The van der Waals surface area contributed by atoms with Gasteiger partial charge in [0.05, 0.1) is 26.2 Å². The van der Waals surface area contributed by atoms with E-state index >= 15 is 0 Å². The van der Waals surface area contributed by atoms with Crippen molar-refractivity contribution in [3.63, 3.8) is 0 Å². The first-order valence-electron chi connectivity index (χ1n) is 5.84. The first-order chi connectivity index (χ1) is 8.24. The van der Waals surface area contributed by atoms with E-state index in [-0.39, 0.29) is 0 Å². The van der Waals surface area contributed by atoms with Crippen LogP contribution in [0, 0.1) is 0 Å². The van der Waals surface area contributed by atoms with Crippen LogP contribution in [0.2, 0.25) is 0 Å². The fraction of sp³-hybridized carbons (Fsp3) is 1.00. The summed E-state index contributed by atoms with van der Waals surface area (Å²) < 4.78 is 79.3. The van der Waals surface area contributed by atoms with Crippen molar-refractivity contribution in [2.45, 2.75) is 27.7 Å². The lowest BCUT2D eigenvalue weighted by atomic mass is 10.3. The Morgan fingerprint density at radius 3 is 0.632 bits per heavy atom. The Kier molecular flexibility index (Phi) is 12.8. The molecule has 0 saturated carbocycles. The molecule has 0 aromatic rings. The van der Waals surface area contributed by atoms with E-state index in [1.54, 1.807) is 0 Å². The Morgan fingerprint density at radius 2 is 0.632 bits per heavy atom. The van der Waals surface area contributed by atoms with Crippen molar-refractivity contribution < 1.29 is 39.0 Å². The van der Waals surface area contributed by atoms with Gasteiger partial charge in [-0.2, -0.15) is 0 Å². The van der Waals surface area contributed by atoms with Crippen molar-refractivity contribution in [1.82, 2.24) is 0 Å². The molecule has 0 unspecified atom stereocenters. The van der Waals surface area contributed by atoms with Gasteiger partial charge >= 0.3 is 14.5 Å². The van der Waals surface area contributed by atoms with Crippen molar-refractivity contribution in [2.24, 2.45) is 0 Å². The van der Waals surface area contributed by atoms with Crippen LogP contribution in [0.5, 0.6) is 0 Å². The minimum Gasteiger partial charge on any atom is -0.418 e. The second-order valence-corrected chi connectivity index (χ2v) is 3.60. The number of rotatable bonds is 4. The van der Waals surface area contributed by atoms with Crippen molar-refractivity contribution >= 4 is 14.5 Å². The molecule has 0 spiro atoms. The molecule has 0 saturated heterocycles. The first kappa shape index (κ1) is 23.6. The maximum Gasteiger partial charge on any atom is 0.673 e. The summed E-state index contributed by atoms with van der Waals surface area (Å²) in [6.45, 7) is 14.2. The average molecular weight is 304 g/mol. The highest BCUT2D eigenvalue weighted by Gasteiger charge is 2.21. The number of halogens is 8. The highest BCUT2D eigenvalue weighted by molar-refractivity contribution is 6.50. The Hall–Kier alpha value is -0.470. The summed E-state index contributed by atoms with van der Waals surface area (Å²) in [5.41, 5.74) is 0. The maximum atomic E-state index is 9.75. The molecule has 1 nitrogen and oxygen atoms in total. The number of hydrogen-bond acceptors (Lipinski definition) is 0. The third kappa shape index (κ3) is 31.8. The molecule has 11 heteroatoms. The molecule has 0 radical (unpaired) electrons. The van der Waals surface area contributed by atoms with Crippen LogP contribution in [0.15, 0.2) is 0 Å². The van der Waals surface area contributed by atoms with Crippen LogP contribution >= 0.6 is 0 Å². The van der Waals surface area contributed by atoms with Crippen LogP contribution in [0.25, 0.3) is 0 Å². The lowest BCUT2D eigenvalue weighted by molar-refractivity contribution is -0.921. The van der Waals surface area contributed by atoms with E-state index in [0.29, 0.717) is 0 Å². The molecule has 0 bridgehead atoms. The van der Waals surface area contributed by atoms with E-state index in [4.69, 9.17) is 0 Å². The van der Waals surface area contributed by atoms with Gasteiger partial charge in [0.25, 0.3) is 0 Å². The van der Waals surface area contributed by atoms with Crippen LogP contribution in [0.1, 0.15) is 27.7 Å². The Labute approximate surface area is 108 Å². The van der Waals surface area contributed by atoms with E-state index in [1.807, 2.05) is 0 Å². The molecule has 0 amide bonds. The van der Waals surface area contributed by atoms with Gasteiger partial charge in [0.2, 0.25) is 0 Å². The SMILES string of the molecule is CC[N+](CC)(CC)CC.F[B-](F)(F)F.F[B-](F)(F)F. The second kappa shape index (κ2) is 10.3. The predicted octanol–water partition coefficient (Wildman–Crippen LogP) is 4.48. The molecule has 0 fully saturated rings.